The van der Waals surface area contributed by atoms with E-state index in [1.165, 1.54) is 18.3 Å². The largest absolute Gasteiger partial charge is 0.492 e. The predicted molar refractivity (Wildman–Crippen MR) is 122 cm³/mol. The summed E-state index contributed by atoms with van der Waals surface area (Å²) in [6, 6.07) is 11.0. The van der Waals surface area contributed by atoms with E-state index in [4.69, 9.17) is 16.3 Å². The Morgan fingerprint density at radius 2 is 1.91 bits per heavy atom. The van der Waals surface area contributed by atoms with Gasteiger partial charge in [0.25, 0.3) is 0 Å². The van der Waals surface area contributed by atoms with Gasteiger partial charge in [0.05, 0.1) is 28.8 Å². The van der Waals surface area contributed by atoms with Crippen molar-refractivity contribution in [1.29, 1.82) is 0 Å². The average Bonchev–Trinajstić information content (AvgIpc) is 3.25. The number of benzene rings is 2. The van der Waals surface area contributed by atoms with Gasteiger partial charge in [-0.15, -0.1) is 0 Å². The number of aliphatic hydroxyl groups is 1. The molecule has 2 aromatic carbocycles. The molecule has 13 heteroatoms. The van der Waals surface area contributed by atoms with Crippen LogP contribution in [0.1, 0.15) is 17.5 Å². The highest BCUT2D eigenvalue weighted by Crippen LogP contribution is 2.29. The number of halogens is 4. The molecule has 1 heterocycles. The third-order valence-corrected chi connectivity index (χ3v) is 5.47. The zero-order chi connectivity index (χ0) is 24.9. The summed E-state index contributed by atoms with van der Waals surface area (Å²) in [5, 5.41) is 13.6. The normalized spacial score (nSPS) is 13.0. The number of H-pyrrole nitrogens is 1. The van der Waals surface area contributed by atoms with Crippen molar-refractivity contribution in [3.8, 4) is 17.0 Å². The molecule has 0 saturated carbocycles. The molecule has 0 fully saturated rings. The number of hydrogen-bond acceptors (Lipinski definition) is 6. The van der Waals surface area contributed by atoms with Crippen molar-refractivity contribution >= 4 is 27.3 Å². The molecule has 0 unspecified atom stereocenters. The molecule has 0 radical (unpaired) electrons. The number of anilines is 1. The molecule has 0 amide bonds. The van der Waals surface area contributed by atoms with Crippen LogP contribution in [0.5, 0.6) is 5.75 Å². The molecule has 0 aliphatic rings. The third kappa shape index (κ3) is 7.35. The summed E-state index contributed by atoms with van der Waals surface area (Å²) < 4.78 is 68.7. The second-order valence-electron chi connectivity index (χ2n) is 7.34. The van der Waals surface area contributed by atoms with Crippen molar-refractivity contribution in [2.45, 2.75) is 12.3 Å². The van der Waals surface area contributed by atoms with Crippen molar-refractivity contribution in [2.24, 2.45) is 0 Å². The van der Waals surface area contributed by atoms with Crippen LogP contribution in [0.15, 0.2) is 48.7 Å². The molecule has 0 spiro atoms. The van der Waals surface area contributed by atoms with E-state index in [0.29, 0.717) is 23.4 Å². The van der Waals surface area contributed by atoms with Gasteiger partial charge < -0.3 is 20.1 Å². The molecule has 34 heavy (non-hydrogen) atoms. The number of rotatable bonds is 10. The van der Waals surface area contributed by atoms with Crippen molar-refractivity contribution in [1.82, 2.24) is 15.3 Å². The molecule has 3 rings (SSSR count). The van der Waals surface area contributed by atoms with Gasteiger partial charge in [-0.1, -0.05) is 17.7 Å². The number of aliphatic hydroxyl groups excluding tert-OH is 1. The molecule has 4 N–H and O–H groups in total. The second kappa shape index (κ2) is 10.6. The highest BCUT2D eigenvalue weighted by Gasteiger charge is 2.34. The molecular formula is C21H22ClF3N4O4S. The van der Waals surface area contributed by atoms with Gasteiger partial charge in [0.1, 0.15) is 12.4 Å². The van der Waals surface area contributed by atoms with Crippen LogP contribution in [-0.2, 0) is 16.2 Å². The number of ether oxygens (including phenoxy) is 1. The lowest BCUT2D eigenvalue weighted by Crippen LogP contribution is -2.26. The van der Waals surface area contributed by atoms with Crippen LogP contribution in [0.4, 0.5) is 18.9 Å². The molecular weight excluding hydrogens is 497 g/mol. The quantitative estimate of drug-likeness (QED) is 0.303. The van der Waals surface area contributed by atoms with E-state index in [9.17, 15) is 26.7 Å². The summed E-state index contributed by atoms with van der Waals surface area (Å²) >= 11 is 5.98. The van der Waals surface area contributed by atoms with E-state index in [1.54, 1.807) is 30.3 Å². The summed E-state index contributed by atoms with van der Waals surface area (Å²) in [7, 11) is -3.51. The molecule has 1 aromatic heterocycles. The molecule has 0 saturated heterocycles. The Hall–Kier alpha value is -2.80. The van der Waals surface area contributed by atoms with Crippen molar-refractivity contribution in [3.05, 3.63) is 65.1 Å². The van der Waals surface area contributed by atoms with Crippen LogP contribution >= 0.6 is 11.6 Å². The monoisotopic (exact) mass is 518 g/mol. The van der Waals surface area contributed by atoms with E-state index in [-0.39, 0.29) is 29.6 Å². The predicted octanol–water partition coefficient (Wildman–Crippen LogP) is 3.82. The van der Waals surface area contributed by atoms with Crippen molar-refractivity contribution in [3.63, 3.8) is 0 Å². The van der Waals surface area contributed by atoms with Gasteiger partial charge in [0.2, 0.25) is 15.8 Å². The van der Waals surface area contributed by atoms with E-state index >= 15 is 0 Å². The highest BCUT2D eigenvalue weighted by atomic mass is 35.5. The lowest BCUT2D eigenvalue weighted by molar-refractivity contribution is -0.144. The van der Waals surface area contributed by atoms with Gasteiger partial charge in [-0.2, -0.15) is 13.2 Å². The molecule has 0 aliphatic heterocycles. The number of nitrogens with zero attached hydrogens (tertiary/aromatic N) is 1. The van der Waals surface area contributed by atoms with Gasteiger partial charge in [0.15, 0.2) is 0 Å². The molecule has 184 valence electrons. The van der Waals surface area contributed by atoms with Gasteiger partial charge in [-0.05, 0) is 42.0 Å². The van der Waals surface area contributed by atoms with Crippen molar-refractivity contribution in [2.75, 3.05) is 30.7 Å². The SMILES string of the molecule is CS(=O)(=O)Nc1cc([C@@H](O)CNCCOc2ccc(-c3c[nH]c(C(F)(F)F)n3)cc2)ccc1Cl. The molecule has 8 nitrogen and oxygen atoms in total. The fraction of sp³-hybridized carbons (Fsp3) is 0.286. The van der Waals surface area contributed by atoms with Crippen LogP contribution in [0.3, 0.4) is 0 Å². The van der Waals surface area contributed by atoms with Crippen LogP contribution in [-0.4, -0.2) is 49.4 Å². The first kappa shape index (κ1) is 25.8. The summed E-state index contributed by atoms with van der Waals surface area (Å²) in [5.41, 5.74) is 1.34. The van der Waals surface area contributed by atoms with E-state index in [2.05, 4.69) is 20.0 Å². The maximum absolute atomic E-state index is 12.7. The fourth-order valence-corrected chi connectivity index (χ4v) is 3.75. The Kier molecular flexibility index (Phi) is 8.08. The zero-order valence-electron chi connectivity index (χ0n) is 17.9. The second-order valence-corrected chi connectivity index (χ2v) is 9.49. The first-order chi connectivity index (χ1) is 15.9. The van der Waals surface area contributed by atoms with Gasteiger partial charge in [-0.25, -0.2) is 13.4 Å². The molecule has 0 bridgehead atoms. The lowest BCUT2D eigenvalue weighted by atomic mass is 10.1. The molecule has 3 aromatic rings. The number of aromatic amines is 1. The average molecular weight is 519 g/mol. The van der Waals surface area contributed by atoms with Gasteiger partial charge in [-0.3, -0.25) is 4.72 Å². The Labute approximate surface area is 199 Å². The number of hydrogen-bond donors (Lipinski definition) is 4. The minimum atomic E-state index is -4.54. The smallest absolute Gasteiger partial charge is 0.449 e. The zero-order valence-corrected chi connectivity index (χ0v) is 19.4. The van der Waals surface area contributed by atoms with E-state index < -0.39 is 28.1 Å². The number of nitrogens with one attached hydrogen (secondary N) is 3. The van der Waals surface area contributed by atoms with Crippen molar-refractivity contribution < 1.29 is 31.4 Å². The summed E-state index contributed by atoms with van der Waals surface area (Å²) in [4.78, 5) is 5.65. The lowest BCUT2D eigenvalue weighted by Gasteiger charge is -2.15. The number of imidazole rings is 1. The maximum Gasteiger partial charge on any atom is 0.449 e. The number of sulfonamides is 1. The molecule has 0 aliphatic carbocycles. The minimum absolute atomic E-state index is 0.173. The van der Waals surface area contributed by atoms with E-state index in [0.717, 1.165) is 6.26 Å². The first-order valence-corrected chi connectivity index (χ1v) is 12.2. The Balaban J connectivity index is 1.45. The van der Waals surface area contributed by atoms with Gasteiger partial charge in [0, 0.05) is 24.8 Å². The standard InChI is InChI=1S/C21H22ClF3N4O4S/c1-34(31,32)29-17-10-14(4-7-16(17)22)19(30)12-26-8-9-33-15-5-2-13(3-6-15)18-11-27-20(28-18)21(23,24)25/h2-7,10-11,19,26,29-30H,8-9,12H2,1H3,(H,27,28)/t19-/m0/s1. The van der Waals surface area contributed by atoms with E-state index in [1.807, 2.05) is 0 Å². The Bertz CT molecular complexity index is 1220. The van der Waals surface area contributed by atoms with Crippen LogP contribution in [0, 0.1) is 0 Å². The first-order valence-electron chi connectivity index (χ1n) is 9.94. The highest BCUT2D eigenvalue weighted by molar-refractivity contribution is 7.92. The molecule has 1 atom stereocenters. The minimum Gasteiger partial charge on any atom is -0.492 e. The summed E-state index contributed by atoms with van der Waals surface area (Å²) in [5.74, 6) is -0.538. The Morgan fingerprint density at radius 1 is 1.21 bits per heavy atom. The topological polar surface area (TPSA) is 116 Å². The number of aromatic nitrogens is 2. The number of alkyl halides is 3. The summed E-state index contributed by atoms with van der Waals surface area (Å²) in [6.07, 6.45) is -3.26. The van der Waals surface area contributed by atoms with Crippen LogP contribution in [0.2, 0.25) is 5.02 Å². The van der Waals surface area contributed by atoms with Crippen LogP contribution < -0.4 is 14.8 Å². The maximum atomic E-state index is 12.7. The fourth-order valence-electron chi connectivity index (χ4n) is 2.96. The third-order valence-electron chi connectivity index (χ3n) is 4.55. The summed E-state index contributed by atoms with van der Waals surface area (Å²) in [6.45, 7) is 0.853. The van der Waals surface area contributed by atoms with Crippen LogP contribution in [0.25, 0.3) is 11.3 Å². The van der Waals surface area contributed by atoms with Gasteiger partial charge >= 0.3 is 6.18 Å². The Morgan fingerprint density at radius 3 is 2.53 bits per heavy atom.